The topological polar surface area (TPSA) is 56.8 Å². The SMILES string of the molecule is CCCCC/C=C/C(=O)O[C@@H]1C[C@H]2[C@@H](CCCC[C@@H](CCC)OCOC)CCC[C@H]2N[C@H]1C. The summed E-state index contributed by atoms with van der Waals surface area (Å²) in [6.07, 6.45) is 20.5. The highest BCUT2D eigenvalue weighted by atomic mass is 16.7. The van der Waals surface area contributed by atoms with Gasteiger partial charge in [0, 0.05) is 25.3 Å². The van der Waals surface area contributed by atoms with Gasteiger partial charge in [0.2, 0.25) is 0 Å². The number of methoxy groups -OCH3 is 1. The van der Waals surface area contributed by atoms with Crippen molar-refractivity contribution < 1.29 is 19.0 Å². The lowest BCUT2D eigenvalue weighted by Gasteiger charge is -2.47. The van der Waals surface area contributed by atoms with Crippen molar-refractivity contribution >= 4 is 5.97 Å². The van der Waals surface area contributed by atoms with Crippen LogP contribution >= 0.6 is 0 Å². The van der Waals surface area contributed by atoms with Crippen molar-refractivity contribution in [2.24, 2.45) is 11.8 Å². The van der Waals surface area contributed by atoms with E-state index < -0.39 is 0 Å². The third-order valence-electron chi connectivity index (χ3n) is 7.63. The summed E-state index contributed by atoms with van der Waals surface area (Å²) in [5, 5.41) is 3.80. The fourth-order valence-electron chi connectivity index (χ4n) is 5.80. The molecule has 1 N–H and O–H groups in total. The molecule has 1 aliphatic carbocycles. The average molecular weight is 466 g/mol. The van der Waals surface area contributed by atoms with Crippen LogP contribution in [-0.4, -0.2) is 44.2 Å². The van der Waals surface area contributed by atoms with E-state index in [1.165, 1.54) is 51.4 Å². The summed E-state index contributed by atoms with van der Waals surface area (Å²) in [6.45, 7) is 6.99. The highest BCUT2D eigenvalue weighted by Crippen LogP contribution is 2.40. The molecule has 192 valence electrons. The van der Waals surface area contributed by atoms with E-state index in [0.717, 1.165) is 44.4 Å². The number of ether oxygens (including phenoxy) is 3. The molecule has 1 heterocycles. The van der Waals surface area contributed by atoms with Crippen molar-refractivity contribution in [1.29, 1.82) is 0 Å². The van der Waals surface area contributed by atoms with Crippen molar-refractivity contribution in [3.8, 4) is 0 Å². The van der Waals surface area contributed by atoms with Crippen molar-refractivity contribution in [1.82, 2.24) is 5.32 Å². The van der Waals surface area contributed by atoms with Crippen LogP contribution in [0.15, 0.2) is 12.2 Å². The molecule has 5 nitrogen and oxygen atoms in total. The van der Waals surface area contributed by atoms with Crippen LogP contribution in [0.1, 0.15) is 111 Å². The van der Waals surface area contributed by atoms with Gasteiger partial charge in [-0.05, 0) is 57.3 Å². The Kier molecular flexibility index (Phi) is 14.3. The van der Waals surface area contributed by atoms with E-state index in [2.05, 4.69) is 26.1 Å². The average Bonchev–Trinajstić information content (AvgIpc) is 2.80. The van der Waals surface area contributed by atoms with Gasteiger partial charge in [0.1, 0.15) is 12.9 Å². The molecule has 33 heavy (non-hydrogen) atoms. The highest BCUT2D eigenvalue weighted by Gasteiger charge is 2.41. The Morgan fingerprint density at radius 2 is 1.94 bits per heavy atom. The van der Waals surface area contributed by atoms with Crippen molar-refractivity contribution in [3.63, 3.8) is 0 Å². The van der Waals surface area contributed by atoms with Gasteiger partial charge in [-0.1, -0.05) is 71.3 Å². The lowest BCUT2D eigenvalue weighted by molar-refractivity contribution is -0.148. The molecule has 0 aromatic rings. The van der Waals surface area contributed by atoms with Gasteiger partial charge in [-0.15, -0.1) is 0 Å². The monoisotopic (exact) mass is 465 g/mol. The molecule has 0 spiro atoms. The van der Waals surface area contributed by atoms with Gasteiger partial charge in [0.25, 0.3) is 0 Å². The van der Waals surface area contributed by atoms with Gasteiger partial charge >= 0.3 is 5.97 Å². The number of hydrogen-bond donors (Lipinski definition) is 1. The smallest absolute Gasteiger partial charge is 0.330 e. The van der Waals surface area contributed by atoms with E-state index in [-0.39, 0.29) is 18.1 Å². The largest absolute Gasteiger partial charge is 0.458 e. The normalized spacial score (nSPS) is 28.5. The minimum atomic E-state index is -0.172. The number of fused-ring (bicyclic) bond motifs is 1. The molecule has 5 heteroatoms. The predicted octanol–water partition coefficient (Wildman–Crippen LogP) is 6.55. The second-order valence-electron chi connectivity index (χ2n) is 10.3. The summed E-state index contributed by atoms with van der Waals surface area (Å²) >= 11 is 0. The maximum atomic E-state index is 12.4. The van der Waals surface area contributed by atoms with Gasteiger partial charge in [-0.3, -0.25) is 0 Å². The molecule has 1 saturated carbocycles. The van der Waals surface area contributed by atoms with Crippen molar-refractivity contribution in [3.05, 3.63) is 12.2 Å². The van der Waals surface area contributed by atoms with E-state index in [1.54, 1.807) is 13.2 Å². The molecular weight excluding hydrogens is 414 g/mol. The zero-order chi connectivity index (χ0) is 23.9. The Morgan fingerprint density at radius 3 is 2.70 bits per heavy atom. The number of allylic oxidation sites excluding steroid dienone is 1. The molecule has 0 aromatic heterocycles. The Balaban J connectivity index is 1.79. The molecule has 0 aromatic carbocycles. The van der Waals surface area contributed by atoms with Gasteiger partial charge in [0.05, 0.1) is 6.10 Å². The van der Waals surface area contributed by atoms with Crippen LogP contribution < -0.4 is 5.32 Å². The molecule has 2 rings (SSSR count). The van der Waals surface area contributed by atoms with Gasteiger partial charge < -0.3 is 19.5 Å². The summed E-state index contributed by atoms with van der Waals surface area (Å²) in [5.41, 5.74) is 0. The lowest BCUT2D eigenvalue weighted by atomic mass is 9.68. The first-order valence-electron chi connectivity index (χ1n) is 13.8. The summed E-state index contributed by atoms with van der Waals surface area (Å²) in [5.74, 6) is 1.19. The van der Waals surface area contributed by atoms with Crippen LogP contribution in [0, 0.1) is 11.8 Å². The summed E-state index contributed by atoms with van der Waals surface area (Å²) < 4.78 is 16.8. The number of hydrogen-bond acceptors (Lipinski definition) is 5. The molecule has 2 fully saturated rings. The molecule has 6 atom stereocenters. The van der Waals surface area contributed by atoms with E-state index >= 15 is 0 Å². The quantitative estimate of drug-likeness (QED) is 0.121. The first-order valence-corrected chi connectivity index (χ1v) is 13.8. The van der Waals surface area contributed by atoms with Crippen LogP contribution in [0.3, 0.4) is 0 Å². The number of nitrogens with one attached hydrogen (secondary N) is 1. The number of unbranched alkanes of at least 4 members (excludes halogenated alkanes) is 4. The second kappa shape index (κ2) is 16.7. The first-order chi connectivity index (χ1) is 16.1. The number of piperidine rings is 1. The fourth-order valence-corrected chi connectivity index (χ4v) is 5.80. The minimum Gasteiger partial charge on any atom is -0.458 e. The van der Waals surface area contributed by atoms with Gasteiger partial charge in [0.15, 0.2) is 0 Å². The first kappa shape index (κ1) is 28.3. The minimum absolute atomic E-state index is 0.0176. The van der Waals surface area contributed by atoms with Crippen LogP contribution in [0.5, 0.6) is 0 Å². The molecule has 0 unspecified atom stereocenters. The van der Waals surface area contributed by atoms with Crippen LogP contribution in [-0.2, 0) is 19.0 Å². The molecule has 2 aliphatic rings. The van der Waals surface area contributed by atoms with E-state index in [9.17, 15) is 4.79 Å². The highest BCUT2D eigenvalue weighted by molar-refractivity contribution is 5.82. The summed E-state index contributed by atoms with van der Waals surface area (Å²) in [6, 6.07) is 0.811. The molecule has 0 radical (unpaired) electrons. The van der Waals surface area contributed by atoms with Crippen molar-refractivity contribution in [2.45, 2.75) is 135 Å². The predicted molar refractivity (Wildman–Crippen MR) is 135 cm³/mol. The molecule has 0 amide bonds. The number of carbonyl (C=O) groups is 1. The third kappa shape index (κ3) is 10.5. The molecule has 1 aliphatic heterocycles. The maximum absolute atomic E-state index is 12.4. The number of carbonyl (C=O) groups excluding carboxylic acids is 1. The van der Waals surface area contributed by atoms with Gasteiger partial charge in [-0.25, -0.2) is 4.79 Å². The van der Waals surface area contributed by atoms with E-state index in [4.69, 9.17) is 14.2 Å². The van der Waals surface area contributed by atoms with Crippen LogP contribution in [0.4, 0.5) is 0 Å². The number of esters is 1. The Morgan fingerprint density at radius 1 is 1.09 bits per heavy atom. The zero-order valence-corrected chi connectivity index (χ0v) is 21.9. The summed E-state index contributed by atoms with van der Waals surface area (Å²) in [7, 11) is 1.69. The van der Waals surface area contributed by atoms with Crippen molar-refractivity contribution in [2.75, 3.05) is 13.9 Å². The standard InChI is InChI=1S/C28H51NO4/c1-5-7-8-9-10-19-28(30)33-27-20-25-23(16-13-18-26(25)29-22(27)3)15-11-12-17-24(14-6-2)32-21-31-4/h10,19,22-27,29H,5-9,11-18,20-21H2,1-4H3/b19-10+/t22-,23-,24+,25-,26+,27+/m0/s1. The number of rotatable bonds is 16. The molecular formula is C28H51NO4. The molecule has 0 bridgehead atoms. The maximum Gasteiger partial charge on any atom is 0.330 e. The van der Waals surface area contributed by atoms with E-state index in [1.807, 2.05) is 6.08 Å². The van der Waals surface area contributed by atoms with E-state index in [0.29, 0.717) is 24.9 Å². The van der Waals surface area contributed by atoms with Crippen LogP contribution in [0.2, 0.25) is 0 Å². The molecule has 1 saturated heterocycles. The summed E-state index contributed by atoms with van der Waals surface area (Å²) in [4.78, 5) is 12.4. The third-order valence-corrected chi connectivity index (χ3v) is 7.63. The zero-order valence-electron chi connectivity index (χ0n) is 21.9. The Labute approximate surface area is 203 Å². The second-order valence-corrected chi connectivity index (χ2v) is 10.3. The Bertz CT molecular complexity index is 552. The van der Waals surface area contributed by atoms with Crippen LogP contribution in [0.25, 0.3) is 0 Å². The fraction of sp³-hybridized carbons (Fsp3) is 0.893. The van der Waals surface area contributed by atoms with Gasteiger partial charge in [-0.2, -0.15) is 0 Å². The Hall–Kier alpha value is -0.910. The lowest BCUT2D eigenvalue weighted by Crippen LogP contribution is -2.57.